The van der Waals surface area contributed by atoms with Gasteiger partial charge in [0.2, 0.25) is 11.8 Å². The molecule has 2 aromatic carbocycles. The van der Waals surface area contributed by atoms with Crippen molar-refractivity contribution in [3.8, 4) is 28.7 Å². The second-order valence-electron chi connectivity index (χ2n) is 14.3. The number of carbonyl (C=O) groups excluding carboxylic acids is 3. The molecule has 3 heterocycles. The number of nitrogens with one attached hydrogen (secondary N) is 2. The number of aromatic nitrogens is 2. The maximum Gasteiger partial charge on any atom is 0.318 e. The zero-order chi connectivity index (χ0) is 38.4. The fourth-order valence-corrected chi connectivity index (χ4v) is 6.99. The zero-order valence-corrected chi connectivity index (χ0v) is 31.2. The van der Waals surface area contributed by atoms with Gasteiger partial charge in [-0.25, -0.2) is 4.79 Å². The molecule has 0 aliphatic carbocycles. The quantitative estimate of drug-likeness (QED) is 0.176. The molecule has 3 aromatic rings. The highest BCUT2D eigenvalue weighted by atomic mass is 32.2. The van der Waals surface area contributed by atoms with E-state index in [9.17, 15) is 24.6 Å². The molecule has 8 N–H and O–H groups in total. The predicted molar refractivity (Wildman–Crippen MR) is 207 cm³/mol. The first kappa shape index (κ1) is 38.8. The van der Waals surface area contributed by atoms with Gasteiger partial charge in [-0.2, -0.15) is 0 Å². The number of carbonyl (C=O) groups is 3. The molecule has 2 aliphatic heterocycles. The molecule has 15 heteroatoms. The van der Waals surface area contributed by atoms with Crippen LogP contribution >= 0.6 is 11.8 Å². The average Bonchev–Trinajstić information content (AvgIpc) is 3.53. The van der Waals surface area contributed by atoms with Crippen molar-refractivity contribution in [1.82, 2.24) is 30.6 Å². The Morgan fingerprint density at radius 3 is 2.38 bits per heavy atom. The number of hydrogen-bond donors (Lipinski definition) is 6. The number of benzene rings is 2. The predicted octanol–water partition coefficient (Wildman–Crippen LogP) is 2.93. The number of terminal acetylenes is 1. The van der Waals surface area contributed by atoms with Gasteiger partial charge in [0.1, 0.15) is 17.8 Å². The summed E-state index contributed by atoms with van der Waals surface area (Å²) in [7, 11) is 0. The van der Waals surface area contributed by atoms with Gasteiger partial charge in [-0.15, -0.1) is 16.6 Å². The molecule has 2 fully saturated rings. The number of phenolic OH excluding ortho intramolecular Hbond substituents is 1. The van der Waals surface area contributed by atoms with Crippen molar-refractivity contribution in [3.63, 3.8) is 0 Å². The Morgan fingerprint density at radius 2 is 1.75 bits per heavy atom. The minimum Gasteiger partial charge on any atom is -0.507 e. The Bertz CT molecular complexity index is 1890. The number of aliphatic hydroxyl groups is 1. The van der Waals surface area contributed by atoms with Gasteiger partial charge in [-0.05, 0) is 58.7 Å². The molecule has 280 valence electrons. The highest BCUT2D eigenvalue weighted by Gasteiger charge is 2.45. The molecule has 1 aromatic heterocycles. The number of piperazine rings is 1. The van der Waals surface area contributed by atoms with Gasteiger partial charge in [-0.3, -0.25) is 9.59 Å². The van der Waals surface area contributed by atoms with E-state index >= 15 is 0 Å². The molecule has 14 nitrogen and oxygen atoms in total. The molecule has 0 spiro atoms. The number of nitrogens with zero attached hydrogens (tertiary/aromatic N) is 5. The molecule has 0 bridgehead atoms. The van der Waals surface area contributed by atoms with Crippen LogP contribution in [-0.2, 0) is 16.1 Å². The zero-order valence-electron chi connectivity index (χ0n) is 30.4. The van der Waals surface area contributed by atoms with E-state index in [1.54, 1.807) is 42.2 Å². The molecule has 0 radical (unpaired) electrons. The number of nitrogen functional groups attached to an aromatic ring is 1. The number of aliphatic hydroxyl groups excluding tert-OH is 1. The van der Waals surface area contributed by atoms with E-state index in [1.807, 2.05) is 49.9 Å². The van der Waals surface area contributed by atoms with Crippen molar-refractivity contribution in [2.24, 2.45) is 11.1 Å². The van der Waals surface area contributed by atoms with E-state index in [-0.39, 0.29) is 31.1 Å². The van der Waals surface area contributed by atoms with Crippen LogP contribution in [0.15, 0.2) is 60.3 Å². The first-order valence-corrected chi connectivity index (χ1v) is 18.2. The van der Waals surface area contributed by atoms with Crippen LogP contribution in [0.2, 0.25) is 0 Å². The molecule has 0 unspecified atom stereocenters. The number of urea groups is 1. The summed E-state index contributed by atoms with van der Waals surface area (Å²) in [5.74, 6) is -0.537. The second-order valence-corrected chi connectivity index (χ2v) is 15.1. The third-order valence-electron chi connectivity index (χ3n) is 9.34. The summed E-state index contributed by atoms with van der Waals surface area (Å²) in [6, 6.07) is 13.8. The van der Waals surface area contributed by atoms with Gasteiger partial charge in [0.05, 0.1) is 17.5 Å². The number of nitrogens with two attached hydrogens (primary N) is 2. The Kier molecular flexibility index (Phi) is 12.0. The second kappa shape index (κ2) is 16.5. The minimum atomic E-state index is -0.976. The highest BCUT2D eigenvalue weighted by Crippen LogP contribution is 2.32. The SMILES string of the molecule is C#CS/C(=C(/C)N)c1ccc(CNC(=O)[C@@H]2C[C@@H](O)CN2C(=O)[C@@H](NC(=O)N2CCN(c3cc(-c4ccccc4O)nnc3N)CC2)C(C)(C)C)cc1. The number of hydrogen-bond acceptors (Lipinski definition) is 11. The van der Waals surface area contributed by atoms with Crippen LogP contribution in [0.5, 0.6) is 5.75 Å². The normalized spacial score (nSPS) is 18.5. The Balaban J connectivity index is 1.21. The number of phenols is 1. The van der Waals surface area contributed by atoms with Crippen LogP contribution in [0.25, 0.3) is 16.2 Å². The van der Waals surface area contributed by atoms with E-state index in [2.05, 4.69) is 26.1 Å². The monoisotopic (exact) mass is 741 g/mol. The third-order valence-corrected chi connectivity index (χ3v) is 10.2. The number of amides is 4. The number of rotatable bonds is 9. The summed E-state index contributed by atoms with van der Waals surface area (Å²) < 4.78 is 0. The van der Waals surface area contributed by atoms with Crippen molar-refractivity contribution in [2.45, 2.75) is 58.8 Å². The summed E-state index contributed by atoms with van der Waals surface area (Å²) in [6.07, 6.45) is 4.65. The van der Waals surface area contributed by atoms with Gasteiger partial charge in [0.15, 0.2) is 5.82 Å². The number of likely N-dealkylation sites (tertiary alicyclic amines) is 1. The van der Waals surface area contributed by atoms with Crippen molar-refractivity contribution >= 4 is 46.0 Å². The standard InChI is InChI=1S/C38H47N9O5S/c1-6-53-32(23(2)39)25-13-11-24(12-14-25)21-41-35(50)30-19-26(48)22-47(30)36(51)33(38(3,4)5)42-37(52)46-17-15-45(16-18-46)29-20-28(43-44-34(29)40)27-9-7-8-10-31(27)49/h1,7-14,20,26,30,33,48-49H,15-19,21-22,39H2,2-5H3,(H2,40,44)(H,41,50)(H,42,52)/b32-23-/t26-,30+,33-/m1/s1. The molecule has 2 aliphatic rings. The van der Waals surface area contributed by atoms with Gasteiger partial charge >= 0.3 is 6.03 Å². The number of thioether (sulfide) groups is 1. The van der Waals surface area contributed by atoms with Crippen LogP contribution in [0.1, 0.15) is 45.2 Å². The highest BCUT2D eigenvalue weighted by molar-refractivity contribution is 8.12. The van der Waals surface area contributed by atoms with Gasteiger partial charge in [0.25, 0.3) is 0 Å². The lowest BCUT2D eigenvalue weighted by Crippen LogP contribution is -2.61. The van der Waals surface area contributed by atoms with Crippen LogP contribution in [0.4, 0.5) is 16.3 Å². The molecular formula is C38H47N9O5S. The van der Waals surface area contributed by atoms with Crippen molar-refractivity contribution in [3.05, 3.63) is 71.4 Å². The van der Waals surface area contributed by atoms with E-state index in [0.717, 1.165) is 16.0 Å². The molecular weight excluding hydrogens is 695 g/mol. The van der Waals surface area contributed by atoms with E-state index < -0.39 is 41.4 Å². The first-order chi connectivity index (χ1) is 25.2. The summed E-state index contributed by atoms with van der Waals surface area (Å²) in [5.41, 5.74) is 15.4. The fourth-order valence-electron chi connectivity index (χ4n) is 6.46. The van der Waals surface area contributed by atoms with Crippen molar-refractivity contribution in [2.75, 3.05) is 43.4 Å². The van der Waals surface area contributed by atoms with Gasteiger partial charge in [-0.1, -0.05) is 57.2 Å². The number of β-amino-alcohol motifs (C(OH)–C–C–N with tert-alkyl or cyclic N) is 1. The molecule has 5 rings (SSSR count). The smallest absolute Gasteiger partial charge is 0.318 e. The molecule has 0 saturated carbocycles. The average molecular weight is 742 g/mol. The van der Waals surface area contributed by atoms with E-state index in [0.29, 0.717) is 48.8 Å². The Labute approximate surface area is 314 Å². The maximum absolute atomic E-state index is 14.1. The Hall–Kier alpha value is -5.46. The maximum atomic E-state index is 14.1. The number of allylic oxidation sites excluding steroid dienone is 1. The van der Waals surface area contributed by atoms with Crippen molar-refractivity contribution < 1.29 is 24.6 Å². The molecule has 4 amide bonds. The van der Waals surface area contributed by atoms with Crippen LogP contribution < -0.4 is 27.0 Å². The first-order valence-electron chi connectivity index (χ1n) is 17.3. The number of aromatic hydroxyl groups is 1. The number of anilines is 2. The fraction of sp³-hybridized carbons (Fsp3) is 0.395. The van der Waals surface area contributed by atoms with Crippen LogP contribution in [-0.4, -0.2) is 99.0 Å². The lowest BCUT2D eigenvalue weighted by molar-refractivity contribution is -0.142. The lowest BCUT2D eigenvalue weighted by atomic mass is 9.85. The largest absolute Gasteiger partial charge is 0.507 e. The van der Waals surface area contributed by atoms with Crippen LogP contribution in [0.3, 0.4) is 0 Å². The Morgan fingerprint density at radius 1 is 1.08 bits per heavy atom. The summed E-state index contributed by atoms with van der Waals surface area (Å²) in [5, 5.41) is 37.5. The van der Waals surface area contributed by atoms with E-state index in [1.165, 1.54) is 16.7 Å². The molecule has 3 atom stereocenters. The van der Waals surface area contributed by atoms with Gasteiger partial charge < -0.3 is 47.0 Å². The third kappa shape index (κ3) is 9.13. The van der Waals surface area contributed by atoms with E-state index in [4.69, 9.17) is 17.9 Å². The van der Waals surface area contributed by atoms with Crippen molar-refractivity contribution in [1.29, 1.82) is 0 Å². The topological polar surface area (TPSA) is 203 Å². The number of para-hydroxylation sites is 1. The lowest BCUT2D eigenvalue weighted by Gasteiger charge is -2.39. The molecule has 53 heavy (non-hydrogen) atoms. The summed E-state index contributed by atoms with van der Waals surface area (Å²) in [4.78, 5) is 47.0. The van der Waals surface area contributed by atoms with Gasteiger partial charge in [0, 0.05) is 61.9 Å². The summed E-state index contributed by atoms with van der Waals surface area (Å²) in [6.45, 7) is 9.04. The van der Waals surface area contributed by atoms with Crippen LogP contribution in [0, 0.1) is 17.1 Å². The molecule has 2 saturated heterocycles. The minimum absolute atomic E-state index is 0.0305. The summed E-state index contributed by atoms with van der Waals surface area (Å²) >= 11 is 1.20.